The molecule has 1 aliphatic heterocycles. The Hall–Kier alpha value is -2.48. The summed E-state index contributed by atoms with van der Waals surface area (Å²) in [6.45, 7) is 4.61. The molecule has 0 saturated carbocycles. The van der Waals surface area contributed by atoms with Crippen LogP contribution in [0.1, 0.15) is 51.1 Å². The van der Waals surface area contributed by atoms with Crippen LogP contribution in [0.3, 0.4) is 0 Å². The van der Waals surface area contributed by atoms with Gasteiger partial charge in [0, 0.05) is 23.4 Å². The molecule has 0 bridgehead atoms. The first-order valence-electron chi connectivity index (χ1n) is 10.1. The van der Waals surface area contributed by atoms with E-state index in [-0.39, 0.29) is 11.8 Å². The maximum absolute atomic E-state index is 12.9. The van der Waals surface area contributed by atoms with Crippen molar-refractivity contribution in [3.05, 3.63) is 35.0 Å². The average molecular weight is 415 g/mol. The second-order valence-corrected chi connectivity index (χ2v) is 8.11. The number of benzene rings is 1. The Morgan fingerprint density at radius 2 is 2.14 bits per heavy atom. The third-order valence-electron chi connectivity index (χ3n) is 5.09. The number of methoxy groups -OCH3 is 1. The zero-order chi connectivity index (χ0) is 20.4. The maximum Gasteiger partial charge on any atom is 0.227 e. The molecule has 0 saturated heterocycles. The van der Waals surface area contributed by atoms with E-state index in [1.165, 1.54) is 0 Å². The van der Waals surface area contributed by atoms with E-state index < -0.39 is 0 Å². The van der Waals surface area contributed by atoms with E-state index in [4.69, 9.17) is 14.6 Å². The van der Waals surface area contributed by atoms with Gasteiger partial charge in [-0.2, -0.15) is 4.98 Å². The normalized spacial score (nSPS) is 18.2. The summed E-state index contributed by atoms with van der Waals surface area (Å²) >= 11 is 1.63. The zero-order valence-electron chi connectivity index (χ0n) is 17.0. The van der Waals surface area contributed by atoms with Crippen molar-refractivity contribution in [3.8, 4) is 11.5 Å². The minimum Gasteiger partial charge on any atom is -0.493 e. The van der Waals surface area contributed by atoms with Crippen LogP contribution in [0, 0.1) is 0 Å². The molecule has 1 aliphatic carbocycles. The van der Waals surface area contributed by atoms with Crippen LogP contribution in [0.25, 0.3) is 0 Å². The average Bonchev–Trinajstić information content (AvgIpc) is 3.13. The van der Waals surface area contributed by atoms with Crippen molar-refractivity contribution in [2.45, 2.75) is 50.7 Å². The molecule has 2 aromatic rings. The Bertz CT molecular complexity index is 953. The molecule has 154 valence electrons. The molecule has 8 heteroatoms. The van der Waals surface area contributed by atoms with Gasteiger partial charge in [0.25, 0.3) is 0 Å². The predicted molar refractivity (Wildman–Crippen MR) is 113 cm³/mol. The molecular weight excluding hydrogens is 388 g/mol. The van der Waals surface area contributed by atoms with Gasteiger partial charge >= 0.3 is 0 Å². The topological polar surface area (TPSA) is 78.3 Å². The molecule has 0 spiro atoms. The van der Waals surface area contributed by atoms with Gasteiger partial charge in [0.15, 0.2) is 17.3 Å². The highest BCUT2D eigenvalue weighted by Crippen LogP contribution is 2.42. The molecule has 0 amide bonds. The summed E-state index contributed by atoms with van der Waals surface area (Å²) in [5.41, 5.74) is 2.69. The lowest BCUT2D eigenvalue weighted by Crippen LogP contribution is -2.31. The van der Waals surface area contributed by atoms with Crippen LogP contribution in [-0.2, 0) is 4.79 Å². The molecule has 2 aliphatic rings. The standard InChI is InChI=1S/C21H26N4O3S/c1-4-11-29-21-23-20-22-14-7-6-8-15(26)18(14)19(25(20)24-21)13-9-10-16(27-3)17(12-13)28-5-2/h9-10,12,19H,4-8,11H2,1-3H3,(H,22,23,24). The number of allylic oxidation sites excluding steroid dienone is 2. The van der Waals surface area contributed by atoms with Crippen molar-refractivity contribution >= 4 is 23.5 Å². The SMILES string of the molecule is CCCSc1nc2n(n1)C(c1ccc(OC)c(OCC)c1)C1=C(CCCC1=O)N2. The summed E-state index contributed by atoms with van der Waals surface area (Å²) in [6.07, 6.45) is 3.31. The Labute approximate surface area is 174 Å². The summed E-state index contributed by atoms with van der Waals surface area (Å²) in [7, 11) is 1.63. The maximum atomic E-state index is 12.9. The number of hydrogen-bond donors (Lipinski definition) is 1. The van der Waals surface area contributed by atoms with E-state index in [1.807, 2.05) is 29.8 Å². The molecule has 0 radical (unpaired) electrons. The fourth-order valence-electron chi connectivity index (χ4n) is 3.83. The number of anilines is 1. The number of rotatable bonds is 7. The van der Waals surface area contributed by atoms with Crippen LogP contribution in [0.5, 0.6) is 11.5 Å². The first-order chi connectivity index (χ1) is 14.2. The third kappa shape index (κ3) is 3.73. The smallest absolute Gasteiger partial charge is 0.227 e. The van der Waals surface area contributed by atoms with Gasteiger partial charge in [-0.25, -0.2) is 4.68 Å². The van der Waals surface area contributed by atoms with Crippen molar-refractivity contribution in [1.82, 2.24) is 14.8 Å². The highest BCUT2D eigenvalue weighted by atomic mass is 32.2. The number of nitrogens with zero attached hydrogens (tertiary/aromatic N) is 3. The summed E-state index contributed by atoms with van der Waals surface area (Å²) in [4.78, 5) is 17.6. The van der Waals surface area contributed by atoms with Crippen molar-refractivity contribution in [2.24, 2.45) is 0 Å². The second kappa shape index (κ2) is 8.49. The molecular formula is C21H26N4O3S. The van der Waals surface area contributed by atoms with E-state index in [9.17, 15) is 4.79 Å². The minimum atomic E-state index is -0.317. The number of Topliss-reactive ketones (excluding diaryl/α,β-unsaturated/α-hetero) is 1. The van der Waals surface area contributed by atoms with Crippen molar-refractivity contribution < 1.29 is 14.3 Å². The van der Waals surface area contributed by atoms with Crippen molar-refractivity contribution in [1.29, 1.82) is 0 Å². The second-order valence-electron chi connectivity index (χ2n) is 7.05. The Balaban J connectivity index is 1.83. The molecule has 1 N–H and O–H groups in total. The van der Waals surface area contributed by atoms with E-state index in [0.717, 1.165) is 47.0 Å². The summed E-state index contributed by atoms with van der Waals surface area (Å²) < 4.78 is 13.1. The number of carbonyl (C=O) groups excluding carboxylic acids is 1. The molecule has 29 heavy (non-hydrogen) atoms. The number of ether oxygens (including phenoxy) is 2. The quantitative estimate of drug-likeness (QED) is 0.680. The number of aromatic nitrogens is 3. The molecule has 0 fully saturated rings. The van der Waals surface area contributed by atoms with E-state index in [2.05, 4.69) is 17.2 Å². The van der Waals surface area contributed by atoms with E-state index in [1.54, 1.807) is 18.9 Å². The molecule has 1 aromatic heterocycles. The lowest BCUT2D eigenvalue weighted by Gasteiger charge is -2.32. The largest absolute Gasteiger partial charge is 0.493 e. The van der Waals surface area contributed by atoms with Gasteiger partial charge in [-0.05, 0) is 43.9 Å². The first kappa shape index (κ1) is 19.8. The van der Waals surface area contributed by atoms with Crippen LogP contribution < -0.4 is 14.8 Å². The third-order valence-corrected chi connectivity index (χ3v) is 6.13. The molecule has 1 unspecified atom stereocenters. The van der Waals surface area contributed by atoms with Crippen LogP contribution >= 0.6 is 11.8 Å². The minimum absolute atomic E-state index is 0.168. The highest BCUT2D eigenvalue weighted by Gasteiger charge is 2.37. The van der Waals surface area contributed by atoms with E-state index in [0.29, 0.717) is 30.5 Å². The summed E-state index contributed by atoms with van der Waals surface area (Å²) in [5, 5.41) is 8.83. The fraction of sp³-hybridized carbons (Fsp3) is 0.476. The van der Waals surface area contributed by atoms with Crippen molar-refractivity contribution in [3.63, 3.8) is 0 Å². The van der Waals surface area contributed by atoms with Gasteiger partial charge in [0.2, 0.25) is 11.1 Å². The Morgan fingerprint density at radius 1 is 1.28 bits per heavy atom. The van der Waals surface area contributed by atoms with Crippen LogP contribution in [0.2, 0.25) is 0 Å². The highest BCUT2D eigenvalue weighted by molar-refractivity contribution is 7.99. The number of carbonyl (C=O) groups is 1. The van der Waals surface area contributed by atoms with Crippen molar-refractivity contribution in [2.75, 3.05) is 24.8 Å². The van der Waals surface area contributed by atoms with E-state index >= 15 is 0 Å². The first-order valence-corrected chi connectivity index (χ1v) is 11.1. The summed E-state index contributed by atoms with van der Waals surface area (Å²) in [6, 6.07) is 5.50. The zero-order valence-corrected chi connectivity index (χ0v) is 17.8. The lowest BCUT2D eigenvalue weighted by molar-refractivity contribution is -0.116. The fourth-order valence-corrected chi connectivity index (χ4v) is 4.51. The number of nitrogens with one attached hydrogen (secondary N) is 1. The Kier molecular flexibility index (Phi) is 5.80. The molecule has 4 rings (SSSR count). The lowest BCUT2D eigenvalue weighted by atomic mass is 9.85. The van der Waals surface area contributed by atoms with Gasteiger partial charge in [0.1, 0.15) is 6.04 Å². The van der Waals surface area contributed by atoms with Gasteiger partial charge < -0.3 is 14.8 Å². The predicted octanol–water partition coefficient (Wildman–Crippen LogP) is 4.21. The van der Waals surface area contributed by atoms with Crippen LogP contribution in [-0.4, -0.2) is 40.0 Å². The molecule has 1 atom stereocenters. The molecule has 2 heterocycles. The monoisotopic (exact) mass is 414 g/mol. The van der Waals surface area contributed by atoms with Gasteiger partial charge in [0.05, 0.1) is 13.7 Å². The van der Waals surface area contributed by atoms with Gasteiger partial charge in [-0.1, -0.05) is 24.8 Å². The number of ketones is 1. The van der Waals surface area contributed by atoms with Gasteiger partial charge in [-0.3, -0.25) is 4.79 Å². The number of fused-ring (bicyclic) bond motifs is 1. The van der Waals surface area contributed by atoms with Gasteiger partial charge in [-0.15, -0.1) is 5.10 Å². The van der Waals surface area contributed by atoms with Crippen LogP contribution in [0.15, 0.2) is 34.6 Å². The molecule has 7 nitrogen and oxygen atoms in total. The Morgan fingerprint density at radius 3 is 2.90 bits per heavy atom. The summed E-state index contributed by atoms with van der Waals surface area (Å²) in [5.74, 6) is 3.15. The molecule has 1 aromatic carbocycles. The van der Waals surface area contributed by atoms with Crippen LogP contribution in [0.4, 0.5) is 5.95 Å². The number of hydrogen-bond acceptors (Lipinski definition) is 7. The number of thioether (sulfide) groups is 1.